The van der Waals surface area contributed by atoms with Gasteiger partial charge < -0.3 is 20.4 Å². The lowest BCUT2D eigenvalue weighted by Gasteiger charge is -2.27. The highest BCUT2D eigenvalue weighted by Gasteiger charge is 2.19. The maximum absolute atomic E-state index is 12.8. The Morgan fingerprint density at radius 2 is 1.27 bits per heavy atom. The van der Waals surface area contributed by atoms with Crippen LogP contribution in [0.5, 0.6) is 0 Å². The first-order valence-electron chi connectivity index (χ1n) is 14.0. The van der Waals surface area contributed by atoms with Gasteiger partial charge in [-0.1, -0.05) is 56.7 Å². The summed E-state index contributed by atoms with van der Waals surface area (Å²) < 4.78 is 0. The molecule has 0 saturated heterocycles. The number of carbonyl (C=O) groups is 1. The topological polar surface area (TPSA) is 47.6 Å². The molecule has 40 heavy (non-hydrogen) atoms. The van der Waals surface area contributed by atoms with Gasteiger partial charge in [-0.15, -0.1) is 0 Å². The molecule has 0 radical (unpaired) electrons. The van der Waals surface area contributed by atoms with Crippen molar-refractivity contribution >= 4 is 28.7 Å². The Morgan fingerprint density at radius 1 is 0.750 bits per heavy atom. The molecule has 0 saturated carbocycles. The Hall–Kier alpha value is -4.25. The van der Waals surface area contributed by atoms with Gasteiger partial charge in [0.1, 0.15) is 0 Å². The van der Waals surface area contributed by atoms with E-state index >= 15 is 0 Å². The molecule has 4 aromatic rings. The molecule has 1 amide bonds. The number of anilines is 4. The zero-order valence-electron chi connectivity index (χ0n) is 24.8. The summed E-state index contributed by atoms with van der Waals surface area (Å²) in [4.78, 5) is 16.9. The molecule has 5 nitrogen and oxygen atoms in total. The van der Waals surface area contributed by atoms with E-state index in [4.69, 9.17) is 0 Å². The first kappa shape index (κ1) is 28.8. The minimum atomic E-state index is -0.112. The van der Waals surface area contributed by atoms with Crippen molar-refractivity contribution in [3.63, 3.8) is 0 Å². The Kier molecular flexibility index (Phi) is 9.15. The molecule has 2 N–H and O–H groups in total. The predicted molar refractivity (Wildman–Crippen MR) is 172 cm³/mol. The van der Waals surface area contributed by atoms with E-state index in [9.17, 15) is 4.79 Å². The molecule has 0 aliphatic rings. The summed E-state index contributed by atoms with van der Waals surface area (Å²) in [7, 11) is 8.09. The Bertz CT molecular complexity index is 1410. The Morgan fingerprint density at radius 3 is 1.77 bits per heavy atom. The molecule has 5 heteroatoms. The van der Waals surface area contributed by atoms with Crippen LogP contribution >= 0.6 is 0 Å². The first-order valence-corrected chi connectivity index (χ1v) is 14.0. The van der Waals surface area contributed by atoms with Crippen molar-refractivity contribution in [1.29, 1.82) is 0 Å². The predicted octanol–water partition coefficient (Wildman–Crippen LogP) is 8.25. The number of nitrogens with zero attached hydrogens (tertiary/aromatic N) is 2. The number of hydrogen-bond donors (Lipinski definition) is 2. The van der Waals surface area contributed by atoms with Gasteiger partial charge in [-0.3, -0.25) is 4.79 Å². The van der Waals surface area contributed by atoms with Crippen LogP contribution in [0.15, 0.2) is 91.0 Å². The molecule has 2 atom stereocenters. The molecule has 208 valence electrons. The number of nitrogens with one attached hydrogen (secondary N) is 2. The molecule has 0 aliphatic carbocycles. The maximum Gasteiger partial charge on any atom is 0.255 e. The number of amides is 1. The third-order valence-electron chi connectivity index (χ3n) is 7.64. The highest BCUT2D eigenvalue weighted by atomic mass is 16.1. The fourth-order valence-electron chi connectivity index (χ4n) is 4.81. The molecule has 0 aromatic heterocycles. The maximum atomic E-state index is 12.8. The van der Waals surface area contributed by atoms with Crippen molar-refractivity contribution in [3.8, 4) is 11.1 Å². The van der Waals surface area contributed by atoms with E-state index in [1.807, 2.05) is 55.4 Å². The lowest BCUT2D eigenvalue weighted by atomic mass is 9.90. The average molecular weight is 535 g/mol. The fraction of sp³-hybridized carbons (Fsp3) is 0.286. The second-order valence-electron chi connectivity index (χ2n) is 11.0. The largest absolute Gasteiger partial charge is 0.378 e. The number of benzene rings is 4. The van der Waals surface area contributed by atoms with E-state index in [0.29, 0.717) is 11.5 Å². The van der Waals surface area contributed by atoms with Crippen LogP contribution in [0.3, 0.4) is 0 Å². The second-order valence-corrected chi connectivity index (χ2v) is 11.0. The van der Waals surface area contributed by atoms with Crippen LogP contribution in [-0.2, 0) is 0 Å². The summed E-state index contributed by atoms with van der Waals surface area (Å²) in [6.07, 6.45) is 1.06. The van der Waals surface area contributed by atoms with Crippen LogP contribution in [-0.4, -0.2) is 34.1 Å². The molecule has 4 aromatic carbocycles. The molecule has 0 bridgehead atoms. The highest BCUT2D eigenvalue weighted by Crippen LogP contribution is 2.33. The molecule has 0 fully saturated rings. The summed E-state index contributed by atoms with van der Waals surface area (Å²) in [5, 5.41) is 6.84. The van der Waals surface area contributed by atoms with Gasteiger partial charge in [0.25, 0.3) is 5.91 Å². The Balaban J connectivity index is 1.48. The zero-order valence-corrected chi connectivity index (χ0v) is 24.8. The van der Waals surface area contributed by atoms with Gasteiger partial charge >= 0.3 is 0 Å². The molecule has 0 heterocycles. The number of hydrogen-bond acceptors (Lipinski definition) is 4. The van der Waals surface area contributed by atoms with Crippen LogP contribution in [0.25, 0.3) is 11.1 Å². The summed E-state index contributed by atoms with van der Waals surface area (Å²) >= 11 is 0. The van der Waals surface area contributed by atoms with Gasteiger partial charge in [0.05, 0.1) is 6.04 Å². The van der Waals surface area contributed by atoms with Gasteiger partial charge in [0.2, 0.25) is 0 Å². The molecule has 2 unspecified atom stereocenters. The van der Waals surface area contributed by atoms with Gasteiger partial charge in [0, 0.05) is 56.5 Å². The normalized spacial score (nSPS) is 12.4. The summed E-state index contributed by atoms with van der Waals surface area (Å²) in [6.45, 7) is 6.60. The quantitative estimate of drug-likeness (QED) is 0.215. The van der Waals surface area contributed by atoms with Gasteiger partial charge in [-0.25, -0.2) is 0 Å². The lowest BCUT2D eigenvalue weighted by molar-refractivity contribution is 0.102. The molecule has 0 aliphatic heterocycles. The first-order chi connectivity index (χ1) is 19.2. The van der Waals surface area contributed by atoms with E-state index in [1.54, 1.807) is 0 Å². The second kappa shape index (κ2) is 12.7. The smallest absolute Gasteiger partial charge is 0.255 e. The standard InChI is InChI=1S/C35H42N4O/c1-8-24(2)34(28-11-9-26(10-12-28)27-13-18-31(19-14-27)38(4)5)37-33-22-17-30(23-25(33)3)36-35(40)29-15-20-32(21-16-29)39(6)7/h9-24,34,37H,8H2,1-7H3,(H,36,40). The van der Waals surface area contributed by atoms with Crippen LogP contribution in [0.1, 0.15) is 47.8 Å². The van der Waals surface area contributed by atoms with E-state index in [0.717, 1.165) is 29.0 Å². The van der Waals surface area contributed by atoms with Gasteiger partial charge in [0.15, 0.2) is 0 Å². The third kappa shape index (κ3) is 6.84. The minimum absolute atomic E-state index is 0.112. The van der Waals surface area contributed by atoms with Crippen LogP contribution in [0.4, 0.5) is 22.7 Å². The SMILES string of the molecule is CCC(C)C(Nc1ccc(NC(=O)c2ccc(N(C)C)cc2)cc1C)c1ccc(-c2ccc(N(C)C)cc2)cc1. The van der Waals surface area contributed by atoms with E-state index in [2.05, 4.69) is 105 Å². The fourth-order valence-corrected chi connectivity index (χ4v) is 4.81. The lowest BCUT2D eigenvalue weighted by Crippen LogP contribution is -2.19. The Labute approximate surface area is 239 Å². The van der Waals surface area contributed by atoms with Crippen molar-refractivity contribution in [1.82, 2.24) is 0 Å². The third-order valence-corrected chi connectivity index (χ3v) is 7.64. The molecule has 0 spiro atoms. The summed E-state index contributed by atoms with van der Waals surface area (Å²) in [5.74, 6) is 0.327. The molecular formula is C35H42N4O. The number of rotatable bonds is 10. The summed E-state index contributed by atoms with van der Waals surface area (Å²) in [5.41, 5.74) is 9.54. The van der Waals surface area contributed by atoms with Crippen LogP contribution in [0, 0.1) is 12.8 Å². The highest BCUT2D eigenvalue weighted by molar-refractivity contribution is 6.04. The van der Waals surface area contributed by atoms with Crippen molar-refractivity contribution in [3.05, 3.63) is 108 Å². The van der Waals surface area contributed by atoms with Crippen molar-refractivity contribution in [2.45, 2.75) is 33.2 Å². The van der Waals surface area contributed by atoms with Crippen molar-refractivity contribution in [2.75, 3.05) is 48.6 Å². The monoisotopic (exact) mass is 534 g/mol. The molecule has 4 rings (SSSR count). The zero-order chi connectivity index (χ0) is 28.8. The number of carbonyl (C=O) groups excluding carboxylic acids is 1. The average Bonchev–Trinajstić information content (AvgIpc) is 2.96. The van der Waals surface area contributed by atoms with Gasteiger partial charge in [-0.05, 0) is 89.7 Å². The van der Waals surface area contributed by atoms with Crippen LogP contribution < -0.4 is 20.4 Å². The van der Waals surface area contributed by atoms with Crippen molar-refractivity contribution < 1.29 is 4.79 Å². The van der Waals surface area contributed by atoms with E-state index in [1.165, 1.54) is 22.4 Å². The van der Waals surface area contributed by atoms with E-state index in [-0.39, 0.29) is 11.9 Å². The van der Waals surface area contributed by atoms with Crippen molar-refractivity contribution in [2.24, 2.45) is 5.92 Å². The van der Waals surface area contributed by atoms with Crippen LogP contribution in [0.2, 0.25) is 0 Å². The van der Waals surface area contributed by atoms with Gasteiger partial charge in [-0.2, -0.15) is 0 Å². The molecular weight excluding hydrogens is 492 g/mol. The van der Waals surface area contributed by atoms with E-state index < -0.39 is 0 Å². The summed E-state index contributed by atoms with van der Waals surface area (Å²) in [6, 6.07) is 31.4. The number of aryl methyl sites for hydroxylation is 1. The minimum Gasteiger partial charge on any atom is -0.378 e.